The van der Waals surface area contributed by atoms with Crippen LogP contribution in [0.2, 0.25) is 0 Å². The Balaban J connectivity index is 2.10. The first-order chi connectivity index (χ1) is 7.89. The molecule has 1 aliphatic heterocycles. The van der Waals surface area contributed by atoms with E-state index in [1.165, 1.54) is 25.9 Å². The lowest BCUT2D eigenvalue weighted by Crippen LogP contribution is -2.38. The fraction of sp³-hybridized carbons (Fsp3) is 0.929. The zero-order chi connectivity index (χ0) is 12.9. The first-order valence-electron chi connectivity index (χ1n) is 6.90. The van der Waals surface area contributed by atoms with Gasteiger partial charge >= 0.3 is 0 Å². The summed E-state index contributed by atoms with van der Waals surface area (Å²) in [5.74, 6) is 0.998. The third kappa shape index (κ3) is 5.53. The fourth-order valence-electron chi connectivity index (χ4n) is 2.26. The molecule has 0 saturated carbocycles. The number of nitrogens with zero attached hydrogens (tertiary/aromatic N) is 1. The number of rotatable bonds is 4. The smallest absolute Gasteiger partial charge is 0.225 e. The lowest BCUT2D eigenvalue weighted by Gasteiger charge is -2.30. The number of carbonyl (C=O) groups is 1. The number of likely N-dealkylation sites (tertiary alicyclic amines) is 1. The van der Waals surface area contributed by atoms with Crippen LogP contribution in [-0.2, 0) is 4.79 Å². The highest BCUT2D eigenvalue weighted by atomic mass is 16.2. The molecule has 3 nitrogen and oxygen atoms in total. The van der Waals surface area contributed by atoms with Gasteiger partial charge in [0.2, 0.25) is 5.91 Å². The topological polar surface area (TPSA) is 32.3 Å². The van der Waals surface area contributed by atoms with Gasteiger partial charge in [-0.05, 0) is 38.3 Å². The molecule has 0 aromatic heterocycles. The minimum absolute atomic E-state index is 0.157. The van der Waals surface area contributed by atoms with E-state index in [1.54, 1.807) is 0 Å². The third-order valence-corrected chi connectivity index (χ3v) is 3.36. The Bertz CT molecular complexity index is 245. The van der Waals surface area contributed by atoms with Gasteiger partial charge in [0, 0.05) is 18.5 Å². The van der Waals surface area contributed by atoms with Crippen LogP contribution in [0, 0.1) is 11.3 Å². The van der Waals surface area contributed by atoms with Gasteiger partial charge in [-0.2, -0.15) is 0 Å². The number of nitrogens with one attached hydrogen (secondary N) is 1. The molecule has 17 heavy (non-hydrogen) atoms. The van der Waals surface area contributed by atoms with Crippen molar-refractivity contribution in [2.75, 3.05) is 26.2 Å². The summed E-state index contributed by atoms with van der Waals surface area (Å²) in [6, 6.07) is 0. The van der Waals surface area contributed by atoms with E-state index in [9.17, 15) is 4.79 Å². The van der Waals surface area contributed by atoms with Crippen molar-refractivity contribution >= 4 is 5.91 Å². The number of hydrogen-bond donors (Lipinski definition) is 1. The third-order valence-electron chi connectivity index (χ3n) is 3.36. The zero-order valence-corrected chi connectivity index (χ0v) is 11.9. The van der Waals surface area contributed by atoms with E-state index in [-0.39, 0.29) is 11.3 Å². The Morgan fingerprint density at radius 2 is 2.12 bits per heavy atom. The van der Waals surface area contributed by atoms with Gasteiger partial charge in [-0.1, -0.05) is 27.7 Å². The van der Waals surface area contributed by atoms with Crippen LogP contribution in [0.15, 0.2) is 0 Å². The lowest BCUT2D eigenvalue weighted by atomic mass is 9.96. The Kier molecular flexibility index (Phi) is 5.44. The molecular weight excluding hydrogens is 212 g/mol. The monoisotopic (exact) mass is 240 g/mol. The van der Waals surface area contributed by atoms with Crippen molar-refractivity contribution in [3.8, 4) is 0 Å². The first-order valence-corrected chi connectivity index (χ1v) is 6.90. The van der Waals surface area contributed by atoms with Crippen molar-refractivity contribution in [1.29, 1.82) is 0 Å². The van der Waals surface area contributed by atoms with E-state index in [0.717, 1.165) is 25.4 Å². The number of hydrogen-bond acceptors (Lipinski definition) is 2. The molecule has 1 aliphatic rings. The molecule has 1 fully saturated rings. The van der Waals surface area contributed by atoms with Crippen LogP contribution >= 0.6 is 0 Å². The van der Waals surface area contributed by atoms with E-state index in [0.29, 0.717) is 0 Å². The standard InChI is InChI=1S/C14H28N2O/c1-12-7-5-9-16(11-12)10-6-8-15-13(17)14(2,3)4/h12H,5-11H2,1-4H3,(H,15,17). The van der Waals surface area contributed by atoms with Gasteiger partial charge in [0.15, 0.2) is 0 Å². The van der Waals surface area contributed by atoms with Crippen molar-refractivity contribution in [3.05, 3.63) is 0 Å². The highest BCUT2D eigenvalue weighted by molar-refractivity contribution is 5.81. The molecule has 1 saturated heterocycles. The summed E-state index contributed by atoms with van der Waals surface area (Å²) in [6.45, 7) is 12.6. The predicted molar refractivity (Wildman–Crippen MR) is 71.9 cm³/mol. The zero-order valence-electron chi connectivity index (χ0n) is 11.9. The van der Waals surface area contributed by atoms with E-state index in [2.05, 4.69) is 17.1 Å². The Labute approximate surface area is 106 Å². The predicted octanol–water partition coefficient (Wildman–Crippen LogP) is 2.27. The second kappa shape index (κ2) is 6.39. The SMILES string of the molecule is CC1CCCN(CCCNC(=O)C(C)(C)C)C1. The van der Waals surface area contributed by atoms with Crippen molar-refractivity contribution in [3.63, 3.8) is 0 Å². The molecule has 0 aromatic carbocycles. The van der Waals surface area contributed by atoms with Crippen LogP contribution in [0.1, 0.15) is 47.0 Å². The summed E-state index contributed by atoms with van der Waals surface area (Å²) in [6.07, 6.45) is 3.77. The molecule has 100 valence electrons. The molecule has 1 atom stereocenters. The number of carbonyl (C=O) groups excluding carboxylic acids is 1. The van der Waals surface area contributed by atoms with Crippen molar-refractivity contribution in [2.24, 2.45) is 11.3 Å². The summed E-state index contributed by atoms with van der Waals surface area (Å²) in [4.78, 5) is 14.2. The molecule has 3 heteroatoms. The van der Waals surface area contributed by atoms with Crippen LogP contribution in [0.25, 0.3) is 0 Å². The molecular formula is C14H28N2O. The summed E-state index contributed by atoms with van der Waals surface area (Å²) in [5, 5.41) is 3.01. The van der Waals surface area contributed by atoms with Crippen LogP contribution < -0.4 is 5.32 Å². The van der Waals surface area contributed by atoms with Gasteiger partial charge in [0.25, 0.3) is 0 Å². The van der Waals surface area contributed by atoms with Crippen LogP contribution in [-0.4, -0.2) is 37.0 Å². The maximum atomic E-state index is 11.6. The van der Waals surface area contributed by atoms with Crippen LogP contribution in [0.5, 0.6) is 0 Å². The average molecular weight is 240 g/mol. The minimum Gasteiger partial charge on any atom is -0.356 e. The molecule has 1 amide bonds. The lowest BCUT2D eigenvalue weighted by molar-refractivity contribution is -0.128. The molecule has 1 N–H and O–H groups in total. The quantitative estimate of drug-likeness (QED) is 0.765. The summed E-state index contributed by atoms with van der Waals surface area (Å²) < 4.78 is 0. The molecule has 0 aromatic rings. The van der Waals surface area contributed by atoms with Gasteiger partial charge in [0.1, 0.15) is 0 Å². The van der Waals surface area contributed by atoms with Crippen LogP contribution in [0.3, 0.4) is 0 Å². The van der Waals surface area contributed by atoms with Crippen LogP contribution in [0.4, 0.5) is 0 Å². The van der Waals surface area contributed by atoms with Gasteiger partial charge in [0.05, 0.1) is 0 Å². The van der Waals surface area contributed by atoms with E-state index in [4.69, 9.17) is 0 Å². The average Bonchev–Trinajstić information content (AvgIpc) is 2.23. The summed E-state index contributed by atoms with van der Waals surface area (Å²) in [5.41, 5.74) is -0.264. The van der Waals surface area contributed by atoms with Crippen molar-refractivity contribution in [2.45, 2.75) is 47.0 Å². The van der Waals surface area contributed by atoms with E-state index < -0.39 is 0 Å². The Hall–Kier alpha value is -0.570. The summed E-state index contributed by atoms with van der Waals surface area (Å²) >= 11 is 0. The van der Waals surface area contributed by atoms with Gasteiger partial charge < -0.3 is 10.2 Å². The second-order valence-electron chi connectivity index (χ2n) is 6.41. The maximum absolute atomic E-state index is 11.6. The number of amides is 1. The Morgan fingerprint density at radius 1 is 1.41 bits per heavy atom. The fourth-order valence-corrected chi connectivity index (χ4v) is 2.26. The molecule has 0 aliphatic carbocycles. The highest BCUT2D eigenvalue weighted by Gasteiger charge is 2.20. The minimum atomic E-state index is -0.264. The highest BCUT2D eigenvalue weighted by Crippen LogP contribution is 2.15. The Morgan fingerprint density at radius 3 is 2.71 bits per heavy atom. The number of piperidine rings is 1. The first kappa shape index (κ1) is 14.5. The molecule has 1 rings (SSSR count). The molecule has 0 bridgehead atoms. The van der Waals surface area contributed by atoms with Crippen molar-refractivity contribution in [1.82, 2.24) is 10.2 Å². The molecule has 0 spiro atoms. The summed E-state index contributed by atoms with van der Waals surface area (Å²) in [7, 11) is 0. The van der Waals surface area contributed by atoms with Gasteiger partial charge in [-0.15, -0.1) is 0 Å². The maximum Gasteiger partial charge on any atom is 0.225 e. The second-order valence-corrected chi connectivity index (χ2v) is 6.41. The molecule has 1 unspecified atom stereocenters. The van der Waals surface area contributed by atoms with Gasteiger partial charge in [-0.3, -0.25) is 4.79 Å². The van der Waals surface area contributed by atoms with Crippen molar-refractivity contribution < 1.29 is 4.79 Å². The normalized spacial score (nSPS) is 22.5. The van der Waals surface area contributed by atoms with E-state index in [1.807, 2.05) is 20.8 Å². The van der Waals surface area contributed by atoms with E-state index >= 15 is 0 Å². The molecule has 1 heterocycles. The van der Waals surface area contributed by atoms with Gasteiger partial charge in [-0.25, -0.2) is 0 Å². The largest absolute Gasteiger partial charge is 0.356 e. The molecule has 0 radical (unpaired) electrons.